The van der Waals surface area contributed by atoms with Crippen molar-refractivity contribution in [1.82, 2.24) is 5.32 Å². The van der Waals surface area contributed by atoms with E-state index in [-0.39, 0.29) is 10.6 Å². The third-order valence-corrected chi connectivity index (χ3v) is 3.70. The molecule has 0 aromatic heterocycles. The van der Waals surface area contributed by atoms with Gasteiger partial charge in [0.05, 0.1) is 4.92 Å². The number of nitro benzene ring substituents is 1. The fraction of sp³-hybridized carbons (Fsp3) is 0.571. The summed E-state index contributed by atoms with van der Waals surface area (Å²) in [4.78, 5) is 10.3. The van der Waals surface area contributed by atoms with E-state index in [1.165, 1.54) is 0 Å². The van der Waals surface area contributed by atoms with Crippen LogP contribution >= 0.6 is 15.9 Å². The zero-order valence-electron chi connectivity index (χ0n) is 11.6. The Morgan fingerprint density at radius 1 is 1.42 bits per heavy atom. The minimum atomic E-state index is -0.371. The van der Waals surface area contributed by atoms with E-state index >= 15 is 0 Å². The molecule has 0 fully saturated rings. The molecule has 1 N–H and O–H groups in total. The van der Waals surface area contributed by atoms with E-state index in [1.807, 2.05) is 6.07 Å². The maximum atomic E-state index is 10.7. The first kappa shape index (κ1) is 16.1. The lowest BCUT2D eigenvalue weighted by Gasteiger charge is -2.20. The molecule has 106 valence electrons. The van der Waals surface area contributed by atoms with E-state index in [1.54, 1.807) is 12.1 Å². The van der Waals surface area contributed by atoms with Gasteiger partial charge in [0.15, 0.2) is 0 Å². The summed E-state index contributed by atoms with van der Waals surface area (Å²) in [5.74, 6) is 0.626. The number of nitrogens with zero attached hydrogens (tertiary/aromatic N) is 1. The Kier molecular flexibility index (Phi) is 6.45. The van der Waals surface area contributed by atoms with Crippen molar-refractivity contribution in [2.45, 2.75) is 39.7 Å². The van der Waals surface area contributed by atoms with Gasteiger partial charge in [-0.25, -0.2) is 0 Å². The lowest BCUT2D eigenvalue weighted by molar-refractivity contribution is -0.384. The second kappa shape index (κ2) is 7.60. The highest BCUT2D eigenvalue weighted by atomic mass is 79.9. The number of hydrogen-bond acceptors (Lipinski definition) is 3. The predicted molar refractivity (Wildman–Crippen MR) is 81.4 cm³/mol. The first-order valence-corrected chi connectivity index (χ1v) is 7.39. The van der Waals surface area contributed by atoms with Crippen molar-refractivity contribution in [3.63, 3.8) is 0 Å². The van der Waals surface area contributed by atoms with Gasteiger partial charge in [0.2, 0.25) is 0 Å². The summed E-state index contributed by atoms with van der Waals surface area (Å²) < 4.78 is 0.813. The molecule has 0 radical (unpaired) electrons. The summed E-state index contributed by atoms with van der Waals surface area (Å²) in [5.41, 5.74) is 1.23. The molecule has 0 aliphatic carbocycles. The molecule has 1 unspecified atom stereocenters. The normalized spacial score (nSPS) is 12.7. The summed E-state index contributed by atoms with van der Waals surface area (Å²) in [6.45, 7) is 7.44. The molecule has 0 bridgehead atoms. The van der Waals surface area contributed by atoms with Crippen LogP contribution in [0.15, 0.2) is 22.7 Å². The van der Waals surface area contributed by atoms with Gasteiger partial charge in [-0.05, 0) is 30.9 Å². The molecule has 1 aromatic carbocycles. The maximum absolute atomic E-state index is 10.7. The molecule has 1 rings (SSSR count). The monoisotopic (exact) mass is 328 g/mol. The van der Waals surface area contributed by atoms with Crippen LogP contribution in [0, 0.1) is 16.0 Å². The lowest BCUT2D eigenvalue weighted by Crippen LogP contribution is -2.32. The first-order chi connectivity index (χ1) is 8.93. The highest BCUT2D eigenvalue weighted by Crippen LogP contribution is 2.25. The molecule has 4 nitrogen and oxygen atoms in total. The van der Waals surface area contributed by atoms with Gasteiger partial charge in [0, 0.05) is 22.6 Å². The molecular weight excluding hydrogens is 308 g/mol. The zero-order valence-corrected chi connectivity index (χ0v) is 13.2. The number of nitro groups is 1. The molecule has 0 amide bonds. The van der Waals surface area contributed by atoms with Crippen molar-refractivity contribution in [2.75, 3.05) is 6.54 Å². The van der Waals surface area contributed by atoms with E-state index in [0.29, 0.717) is 12.0 Å². The third kappa shape index (κ3) is 5.28. The molecule has 0 saturated carbocycles. The predicted octanol–water partition coefficient (Wildman–Crippen LogP) is 3.92. The Bertz CT molecular complexity index is 435. The second-order valence-corrected chi connectivity index (χ2v) is 5.98. The summed E-state index contributed by atoms with van der Waals surface area (Å²) in [5, 5.41) is 14.2. The van der Waals surface area contributed by atoms with Crippen molar-refractivity contribution >= 4 is 21.6 Å². The van der Waals surface area contributed by atoms with Crippen molar-refractivity contribution in [3.8, 4) is 0 Å². The highest BCUT2D eigenvalue weighted by Gasteiger charge is 2.14. The minimum Gasteiger partial charge on any atom is -0.314 e. The zero-order chi connectivity index (χ0) is 14.4. The summed E-state index contributed by atoms with van der Waals surface area (Å²) in [6, 6.07) is 5.39. The molecular formula is C14H21BrN2O2. The van der Waals surface area contributed by atoms with Crippen LogP contribution in [0.5, 0.6) is 0 Å². The van der Waals surface area contributed by atoms with Crippen LogP contribution in [-0.4, -0.2) is 17.5 Å². The van der Waals surface area contributed by atoms with E-state index < -0.39 is 0 Å². The Morgan fingerprint density at radius 3 is 2.58 bits per heavy atom. The number of likely N-dealkylation sites (N-methyl/N-ethyl adjacent to an activating group) is 1. The van der Waals surface area contributed by atoms with Crippen LogP contribution in [0.1, 0.15) is 32.8 Å². The Morgan fingerprint density at radius 2 is 2.11 bits per heavy atom. The average molecular weight is 329 g/mol. The molecule has 1 atom stereocenters. The average Bonchev–Trinajstić information content (AvgIpc) is 2.31. The van der Waals surface area contributed by atoms with Gasteiger partial charge in [-0.1, -0.05) is 42.8 Å². The molecule has 0 saturated heterocycles. The number of rotatable bonds is 7. The van der Waals surface area contributed by atoms with E-state index in [2.05, 4.69) is 42.0 Å². The van der Waals surface area contributed by atoms with Crippen LogP contribution in [0.3, 0.4) is 0 Å². The van der Waals surface area contributed by atoms with Gasteiger partial charge in [-0.15, -0.1) is 0 Å². The number of nitrogens with one attached hydrogen (secondary N) is 1. The van der Waals surface area contributed by atoms with Crippen molar-refractivity contribution in [2.24, 2.45) is 5.92 Å². The van der Waals surface area contributed by atoms with Gasteiger partial charge in [0.25, 0.3) is 5.69 Å². The molecule has 5 heteroatoms. The molecule has 0 aliphatic rings. The van der Waals surface area contributed by atoms with Crippen molar-refractivity contribution in [3.05, 3.63) is 38.3 Å². The SMILES string of the molecule is CCNC(Cc1ccc([N+](=O)[O-])cc1Br)CC(C)C. The van der Waals surface area contributed by atoms with Gasteiger partial charge >= 0.3 is 0 Å². The fourth-order valence-corrected chi connectivity index (χ4v) is 2.71. The van der Waals surface area contributed by atoms with Crippen LogP contribution in [-0.2, 0) is 6.42 Å². The maximum Gasteiger partial charge on any atom is 0.270 e. The Balaban J connectivity index is 2.81. The van der Waals surface area contributed by atoms with E-state index in [0.717, 1.165) is 29.4 Å². The van der Waals surface area contributed by atoms with Gasteiger partial charge < -0.3 is 5.32 Å². The van der Waals surface area contributed by atoms with Crippen LogP contribution in [0.2, 0.25) is 0 Å². The van der Waals surface area contributed by atoms with Gasteiger partial charge in [0.1, 0.15) is 0 Å². The van der Waals surface area contributed by atoms with E-state index in [4.69, 9.17) is 0 Å². The van der Waals surface area contributed by atoms with Crippen LogP contribution < -0.4 is 5.32 Å². The quantitative estimate of drug-likeness (QED) is 0.609. The summed E-state index contributed by atoms with van der Waals surface area (Å²) >= 11 is 3.43. The summed E-state index contributed by atoms with van der Waals surface area (Å²) in [7, 11) is 0. The standard InChI is InChI=1S/C14H21BrN2O2/c1-4-16-12(7-10(2)3)8-11-5-6-13(17(18)19)9-14(11)15/h5-6,9-10,12,16H,4,7-8H2,1-3H3. The smallest absolute Gasteiger partial charge is 0.270 e. The minimum absolute atomic E-state index is 0.125. The van der Waals surface area contributed by atoms with Crippen LogP contribution in [0.4, 0.5) is 5.69 Å². The Hall–Kier alpha value is -0.940. The summed E-state index contributed by atoms with van der Waals surface area (Å²) in [6.07, 6.45) is 1.97. The number of benzene rings is 1. The highest BCUT2D eigenvalue weighted by molar-refractivity contribution is 9.10. The lowest BCUT2D eigenvalue weighted by atomic mass is 9.97. The number of hydrogen-bond donors (Lipinski definition) is 1. The number of halogens is 1. The van der Waals surface area contributed by atoms with E-state index in [9.17, 15) is 10.1 Å². The second-order valence-electron chi connectivity index (χ2n) is 5.12. The van der Waals surface area contributed by atoms with Crippen molar-refractivity contribution in [1.29, 1.82) is 0 Å². The number of non-ortho nitro benzene ring substituents is 1. The molecule has 1 aromatic rings. The van der Waals surface area contributed by atoms with Gasteiger partial charge in [-0.2, -0.15) is 0 Å². The Labute approximate surface area is 122 Å². The van der Waals surface area contributed by atoms with Gasteiger partial charge in [-0.3, -0.25) is 10.1 Å². The molecule has 0 aliphatic heterocycles. The third-order valence-electron chi connectivity index (χ3n) is 2.96. The largest absolute Gasteiger partial charge is 0.314 e. The fourth-order valence-electron chi connectivity index (χ4n) is 2.18. The molecule has 0 spiro atoms. The first-order valence-electron chi connectivity index (χ1n) is 6.60. The topological polar surface area (TPSA) is 55.2 Å². The van der Waals surface area contributed by atoms with Crippen molar-refractivity contribution < 1.29 is 4.92 Å². The molecule has 0 heterocycles. The van der Waals surface area contributed by atoms with Crippen LogP contribution in [0.25, 0.3) is 0 Å². The molecule has 19 heavy (non-hydrogen) atoms.